The fraction of sp³-hybridized carbons (Fsp3) is 0.333. The molecular formula is C12H15N3. The summed E-state index contributed by atoms with van der Waals surface area (Å²) in [5, 5.41) is 7.95. The summed E-state index contributed by atoms with van der Waals surface area (Å²) in [4.78, 5) is 4.20. The lowest BCUT2D eigenvalue weighted by molar-refractivity contribution is 1.09. The minimum absolute atomic E-state index is 0.734. The van der Waals surface area contributed by atoms with Crippen LogP contribution in [-0.4, -0.2) is 15.2 Å². The van der Waals surface area contributed by atoms with Crippen molar-refractivity contribution in [3.05, 3.63) is 23.1 Å². The highest BCUT2D eigenvalue weighted by atomic mass is 15.1. The van der Waals surface area contributed by atoms with Gasteiger partial charge in [0, 0.05) is 11.6 Å². The van der Waals surface area contributed by atoms with Gasteiger partial charge in [-0.2, -0.15) is 5.10 Å². The molecule has 2 aromatic heterocycles. The van der Waals surface area contributed by atoms with Crippen LogP contribution in [0.25, 0.3) is 10.9 Å². The molecule has 0 spiro atoms. The Balaban J connectivity index is 0.000000531. The van der Waals surface area contributed by atoms with E-state index in [4.69, 9.17) is 6.42 Å². The third-order valence-electron chi connectivity index (χ3n) is 2.10. The third kappa shape index (κ3) is 1.84. The molecule has 0 fully saturated rings. The van der Waals surface area contributed by atoms with Crippen molar-refractivity contribution in [3.63, 3.8) is 0 Å². The maximum absolute atomic E-state index is 5.34. The van der Waals surface area contributed by atoms with Gasteiger partial charge in [-0.05, 0) is 19.4 Å². The molecule has 15 heavy (non-hydrogen) atoms. The molecule has 78 valence electrons. The number of H-pyrrole nitrogens is 1. The van der Waals surface area contributed by atoms with Gasteiger partial charge >= 0.3 is 0 Å². The Kier molecular flexibility index (Phi) is 3.46. The predicted octanol–water partition coefficient (Wildman–Crippen LogP) is 2.58. The number of pyridine rings is 1. The molecule has 0 amide bonds. The molecule has 3 heteroatoms. The van der Waals surface area contributed by atoms with Crippen LogP contribution in [0.1, 0.15) is 30.8 Å². The van der Waals surface area contributed by atoms with Crippen LogP contribution in [0.5, 0.6) is 0 Å². The molecule has 0 atom stereocenters. The molecule has 0 aromatic carbocycles. The molecular weight excluding hydrogens is 186 g/mol. The average Bonchev–Trinajstić information content (AvgIpc) is 2.71. The molecule has 0 aliphatic heterocycles. The standard InChI is InChI=1S/C10H9N3.C2H6/c1-4-8-9-6(2)5-11-7(3)10(9)13-12-8;1-2/h1,5H,2-3H3,(H,12,13);1-2H3. The molecule has 0 bridgehead atoms. The van der Waals surface area contributed by atoms with Crippen LogP contribution in [0.4, 0.5) is 0 Å². The molecule has 1 N–H and O–H groups in total. The first-order chi connectivity index (χ1) is 7.24. The van der Waals surface area contributed by atoms with E-state index in [2.05, 4.69) is 21.1 Å². The first-order valence-corrected chi connectivity index (χ1v) is 5.01. The Morgan fingerprint density at radius 1 is 1.33 bits per heavy atom. The van der Waals surface area contributed by atoms with Gasteiger partial charge < -0.3 is 0 Å². The normalized spacial score (nSPS) is 9.27. The Morgan fingerprint density at radius 2 is 2.00 bits per heavy atom. The number of hydrogen-bond acceptors (Lipinski definition) is 2. The molecule has 3 nitrogen and oxygen atoms in total. The van der Waals surface area contributed by atoms with E-state index in [9.17, 15) is 0 Å². The topological polar surface area (TPSA) is 41.6 Å². The Hall–Kier alpha value is -1.82. The number of aromatic nitrogens is 3. The number of fused-ring (bicyclic) bond motifs is 1. The minimum atomic E-state index is 0.734. The molecule has 0 saturated heterocycles. The molecule has 0 unspecified atom stereocenters. The lowest BCUT2D eigenvalue weighted by Crippen LogP contribution is -1.85. The number of aryl methyl sites for hydroxylation is 2. The lowest BCUT2D eigenvalue weighted by atomic mass is 10.1. The quantitative estimate of drug-likeness (QED) is 0.665. The zero-order valence-electron chi connectivity index (χ0n) is 9.55. The van der Waals surface area contributed by atoms with E-state index in [1.54, 1.807) is 0 Å². The van der Waals surface area contributed by atoms with E-state index >= 15 is 0 Å². The van der Waals surface area contributed by atoms with Gasteiger partial charge in [0.15, 0.2) is 0 Å². The van der Waals surface area contributed by atoms with E-state index in [0.717, 1.165) is 27.9 Å². The smallest absolute Gasteiger partial charge is 0.115 e. The highest BCUT2D eigenvalue weighted by Gasteiger charge is 2.08. The predicted molar refractivity (Wildman–Crippen MR) is 62.6 cm³/mol. The minimum Gasteiger partial charge on any atom is -0.269 e. The van der Waals surface area contributed by atoms with Crippen LogP contribution in [0.15, 0.2) is 6.20 Å². The summed E-state index contributed by atoms with van der Waals surface area (Å²) in [5.41, 5.74) is 3.56. The molecule has 0 aliphatic carbocycles. The largest absolute Gasteiger partial charge is 0.269 e. The second-order valence-corrected chi connectivity index (χ2v) is 2.99. The first-order valence-electron chi connectivity index (χ1n) is 5.01. The molecule has 2 heterocycles. The van der Waals surface area contributed by atoms with Crippen LogP contribution < -0.4 is 0 Å². The summed E-state index contributed by atoms with van der Waals surface area (Å²) in [6.45, 7) is 7.90. The Labute approximate surface area is 89.9 Å². The number of hydrogen-bond donors (Lipinski definition) is 1. The zero-order chi connectivity index (χ0) is 11.4. The van der Waals surface area contributed by atoms with Gasteiger partial charge in [-0.15, -0.1) is 6.42 Å². The van der Waals surface area contributed by atoms with Crippen LogP contribution in [0, 0.1) is 26.2 Å². The van der Waals surface area contributed by atoms with E-state index < -0.39 is 0 Å². The summed E-state index contributed by atoms with van der Waals surface area (Å²) >= 11 is 0. The first kappa shape index (κ1) is 11.3. The maximum Gasteiger partial charge on any atom is 0.115 e. The summed E-state index contributed by atoms with van der Waals surface area (Å²) in [6, 6.07) is 0. The number of nitrogens with zero attached hydrogens (tertiary/aromatic N) is 2. The van der Waals surface area contributed by atoms with Gasteiger partial charge in [-0.1, -0.05) is 19.8 Å². The summed E-state index contributed by atoms with van der Waals surface area (Å²) in [6.07, 6.45) is 7.15. The molecule has 0 saturated carbocycles. The molecule has 0 radical (unpaired) electrons. The van der Waals surface area contributed by atoms with E-state index in [-0.39, 0.29) is 0 Å². The third-order valence-corrected chi connectivity index (χ3v) is 2.10. The van der Waals surface area contributed by atoms with Crippen molar-refractivity contribution in [2.45, 2.75) is 27.7 Å². The van der Waals surface area contributed by atoms with Gasteiger partial charge in [0.05, 0.1) is 5.69 Å². The van der Waals surface area contributed by atoms with Gasteiger partial charge in [0.1, 0.15) is 11.2 Å². The number of terminal acetylenes is 1. The molecule has 2 rings (SSSR count). The van der Waals surface area contributed by atoms with Crippen molar-refractivity contribution in [2.24, 2.45) is 0 Å². The van der Waals surface area contributed by atoms with Crippen molar-refractivity contribution in [1.29, 1.82) is 0 Å². The lowest BCUT2D eigenvalue weighted by Gasteiger charge is -1.96. The van der Waals surface area contributed by atoms with E-state index in [1.165, 1.54) is 0 Å². The van der Waals surface area contributed by atoms with Gasteiger partial charge in [-0.25, -0.2) is 0 Å². The highest BCUT2D eigenvalue weighted by Crippen LogP contribution is 2.20. The van der Waals surface area contributed by atoms with Crippen LogP contribution in [-0.2, 0) is 0 Å². The van der Waals surface area contributed by atoms with Crippen molar-refractivity contribution in [1.82, 2.24) is 15.2 Å². The van der Waals surface area contributed by atoms with Crippen molar-refractivity contribution < 1.29 is 0 Å². The number of aromatic amines is 1. The van der Waals surface area contributed by atoms with Gasteiger partial charge in [-0.3, -0.25) is 10.1 Å². The second kappa shape index (κ2) is 4.61. The Morgan fingerprint density at radius 3 is 2.60 bits per heavy atom. The number of rotatable bonds is 0. The maximum atomic E-state index is 5.34. The summed E-state index contributed by atoms with van der Waals surface area (Å²) < 4.78 is 0. The molecule has 0 aliphatic rings. The Bertz CT molecular complexity index is 503. The van der Waals surface area contributed by atoms with Crippen molar-refractivity contribution in [3.8, 4) is 12.3 Å². The SMILES string of the molecule is C#Cc1[nH]nc2c(C)ncc(C)c12.CC. The van der Waals surface area contributed by atoms with Crippen LogP contribution >= 0.6 is 0 Å². The molecule has 2 aromatic rings. The number of nitrogens with one attached hydrogen (secondary N) is 1. The average molecular weight is 201 g/mol. The fourth-order valence-corrected chi connectivity index (χ4v) is 1.41. The van der Waals surface area contributed by atoms with Crippen molar-refractivity contribution >= 4 is 10.9 Å². The monoisotopic (exact) mass is 201 g/mol. The summed E-state index contributed by atoms with van der Waals surface area (Å²) in [7, 11) is 0. The van der Waals surface area contributed by atoms with Crippen molar-refractivity contribution in [2.75, 3.05) is 0 Å². The van der Waals surface area contributed by atoms with E-state index in [1.807, 2.05) is 33.9 Å². The fourth-order valence-electron chi connectivity index (χ4n) is 1.41. The zero-order valence-corrected chi connectivity index (χ0v) is 9.55. The highest BCUT2D eigenvalue weighted by molar-refractivity contribution is 5.88. The summed E-state index contributed by atoms with van der Waals surface area (Å²) in [5.74, 6) is 2.57. The van der Waals surface area contributed by atoms with Gasteiger partial charge in [0.25, 0.3) is 0 Å². The van der Waals surface area contributed by atoms with E-state index in [0.29, 0.717) is 0 Å². The van der Waals surface area contributed by atoms with Crippen LogP contribution in [0.2, 0.25) is 0 Å². The van der Waals surface area contributed by atoms with Crippen LogP contribution in [0.3, 0.4) is 0 Å². The van der Waals surface area contributed by atoms with Gasteiger partial charge in [0.2, 0.25) is 0 Å². The second-order valence-electron chi connectivity index (χ2n) is 2.99.